The topological polar surface area (TPSA) is 59.0 Å². The predicted molar refractivity (Wildman–Crippen MR) is 75.7 cm³/mol. The number of rotatable bonds is 4. The Balaban J connectivity index is 1.96. The number of alkyl halides is 3. The molecule has 1 aromatic heterocycles. The Morgan fingerprint density at radius 2 is 2.14 bits per heavy atom. The van der Waals surface area contributed by atoms with E-state index >= 15 is 0 Å². The Bertz CT molecular complexity index is 643. The molecule has 0 aliphatic carbocycles. The molecule has 2 aromatic rings. The molecule has 22 heavy (non-hydrogen) atoms. The van der Waals surface area contributed by atoms with Gasteiger partial charge < -0.3 is 15.2 Å². The highest BCUT2D eigenvalue weighted by atomic mass is 35.5. The number of anilines is 1. The molecule has 0 atom stereocenters. The van der Waals surface area contributed by atoms with Crippen LogP contribution in [0.5, 0.6) is 0 Å². The van der Waals surface area contributed by atoms with Gasteiger partial charge in [0, 0.05) is 30.5 Å². The van der Waals surface area contributed by atoms with E-state index in [0.717, 1.165) is 12.1 Å². The molecule has 9 heteroatoms. The van der Waals surface area contributed by atoms with Crippen LogP contribution in [0.4, 0.5) is 23.7 Å². The zero-order valence-electron chi connectivity index (χ0n) is 11.2. The van der Waals surface area contributed by atoms with Crippen LogP contribution in [-0.4, -0.2) is 22.1 Å². The van der Waals surface area contributed by atoms with E-state index in [-0.39, 0.29) is 17.3 Å². The lowest BCUT2D eigenvalue weighted by atomic mass is 10.1. The fraction of sp³-hybridized carbons (Fsp3) is 0.231. The molecule has 118 valence electrons. The third-order valence-electron chi connectivity index (χ3n) is 2.75. The summed E-state index contributed by atoms with van der Waals surface area (Å²) in [4.78, 5) is 15.5. The summed E-state index contributed by atoms with van der Waals surface area (Å²) in [5.74, 6) is 0. The maximum Gasteiger partial charge on any atom is 0.418 e. The van der Waals surface area contributed by atoms with Crippen LogP contribution in [0.25, 0.3) is 0 Å². The average molecular weight is 333 g/mol. The minimum Gasteiger partial charge on any atom is -0.336 e. The van der Waals surface area contributed by atoms with Crippen molar-refractivity contribution in [3.8, 4) is 0 Å². The van der Waals surface area contributed by atoms with Crippen molar-refractivity contribution in [1.82, 2.24) is 14.9 Å². The van der Waals surface area contributed by atoms with Crippen molar-refractivity contribution in [2.75, 3.05) is 11.9 Å². The predicted octanol–water partition coefficient (Wildman–Crippen LogP) is 3.38. The molecule has 0 unspecified atom stereocenters. The first-order valence-electron chi connectivity index (χ1n) is 6.23. The number of nitrogens with one attached hydrogen (secondary N) is 2. The lowest BCUT2D eigenvalue weighted by molar-refractivity contribution is -0.136. The number of imidazole rings is 1. The van der Waals surface area contributed by atoms with Gasteiger partial charge in [0.1, 0.15) is 0 Å². The van der Waals surface area contributed by atoms with Gasteiger partial charge in [0.15, 0.2) is 0 Å². The fourth-order valence-corrected chi connectivity index (χ4v) is 1.92. The Morgan fingerprint density at radius 1 is 1.36 bits per heavy atom. The van der Waals surface area contributed by atoms with Crippen LogP contribution in [0.15, 0.2) is 36.9 Å². The van der Waals surface area contributed by atoms with Gasteiger partial charge in [0.25, 0.3) is 0 Å². The Kier molecular flexibility index (Phi) is 4.92. The first-order chi connectivity index (χ1) is 10.4. The summed E-state index contributed by atoms with van der Waals surface area (Å²) >= 11 is 5.56. The number of urea groups is 1. The summed E-state index contributed by atoms with van der Waals surface area (Å²) in [6, 6.07) is 2.43. The monoisotopic (exact) mass is 332 g/mol. The van der Waals surface area contributed by atoms with E-state index in [4.69, 9.17) is 11.6 Å². The molecule has 0 fully saturated rings. The number of carbonyl (C=O) groups is 1. The summed E-state index contributed by atoms with van der Waals surface area (Å²) in [5, 5.41) is 4.58. The highest BCUT2D eigenvalue weighted by Crippen LogP contribution is 2.36. The minimum absolute atomic E-state index is 0.0570. The molecule has 0 aliphatic heterocycles. The molecule has 2 N–H and O–H groups in total. The lowest BCUT2D eigenvalue weighted by Gasteiger charge is -2.14. The first kappa shape index (κ1) is 16.2. The molecule has 1 heterocycles. The largest absolute Gasteiger partial charge is 0.418 e. The van der Waals surface area contributed by atoms with Crippen LogP contribution in [0.1, 0.15) is 5.56 Å². The van der Waals surface area contributed by atoms with Crippen LogP contribution in [0.3, 0.4) is 0 Å². The molecule has 0 bridgehead atoms. The SMILES string of the molecule is O=C(NCCn1ccnc1)Nc1ccc(Cl)cc1C(F)(F)F. The fourth-order valence-electron chi connectivity index (χ4n) is 1.74. The molecular formula is C13H12ClF3N4O. The first-order valence-corrected chi connectivity index (χ1v) is 6.61. The van der Waals surface area contributed by atoms with E-state index in [1.54, 1.807) is 23.3 Å². The quantitative estimate of drug-likeness (QED) is 0.901. The van der Waals surface area contributed by atoms with Crippen LogP contribution in [0, 0.1) is 0 Å². The third kappa shape index (κ3) is 4.39. The van der Waals surface area contributed by atoms with Crippen LogP contribution in [0.2, 0.25) is 5.02 Å². The average Bonchev–Trinajstić information content (AvgIpc) is 2.93. The zero-order chi connectivity index (χ0) is 16.2. The molecule has 1 aromatic carbocycles. The number of carbonyl (C=O) groups excluding carboxylic acids is 1. The molecular weight excluding hydrogens is 321 g/mol. The van der Waals surface area contributed by atoms with Crippen molar-refractivity contribution in [3.05, 3.63) is 47.5 Å². The second-order valence-corrected chi connectivity index (χ2v) is 4.81. The summed E-state index contributed by atoms with van der Waals surface area (Å²) in [6.07, 6.45) is 0.259. The summed E-state index contributed by atoms with van der Waals surface area (Å²) in [5.41, 5.74) is -1.35. The summed E-state index contributed by atoms with van der Waals surface area (Å²) < 4.78 is 40.4. The number of halogens is 4. The van der Waals surface area contributed by atoms with E-state index in [9.17, 15) is 18.0 Å². The number of hydrogen-bond donors (Lipinski definition) is 2. The van der Waals surface area contributed by atoms with Crippen molar-refractivity contribution in [2.24, 2.45) is 0 Å². The van der Waals surface area contributed by atoms with Gasteiger partial charge >= 0.3 is 12.2 Å². The standard InChI is InChI=1S/C13H12ClF3N4O/c14-9-1-2-11(10(7-9)13(15,16)17)20-12(22)19-4-6-21-5-3-18-8-21/h1-3,5,7-8H,4,6H2,(H2,19,20,22). The lowest BCUT2D eigenvalue weighted by Crippen LogP contribution is -2.32. The Labute approximate surface area is 129 Å². The highest BCUT2D eigenvalue weighted by molar-refractivity contribution is 6.30. The van der Waals surface area contributed by atoms with Gasteiger partial charge in [-0.2, -0.15) is 13.2 Å². The number of aromatic nitrogens is 2. The van der Waals surface area contributed by atoms with Gasteiger partial charge in [-0.3, -0.25) is 0 Å². The minimum atomic E-state index is -4.61. The smallest absolute Gasteiger partial charge is 0.336 e. The van der Waals surface area contributed by atoms with Crippen molar-refractivity contribution in [2.45, 2.75) is 12.7 Å². The normalized spacial score (nSPS) is 11.3. The van der Waals surface area contributed by atoms with E-state index < -0.39 is 17.8 Å². The number of amides is 2. The molecule has 0 saturated carbocycles. The Hall–Kier alpha value is -2.22. The number of benzene rings is 1. The van der Waals surface area contributed by atoms with Gasteiger partial charge in [-0.15, -0.1) is 0 Å². The highest BCUT2D eigenvalue weighted by Gasteiger charge is 2.34. The van der Waals surface area contributed by atoms with Gasteiger partial charge in [-0.25, -0.2) is 9.78 Å². The third-order valence-corrected chi connectivity index (χ3v) is 2.99. The summed E-state index contributed by atoms with van der Waals surface area (Å²) in [7, 11) is 0. The maximum absolute atomic E-state index is 12.9. The van der Waals surface area contributed by atoms with Gasteiger partial charge in [-0.1, -0.05) is 11.6 Å². The molecule has 0 saturated heterocycles. The zero-order valence-corrected chi connectivity index (χ0v) is 11.9. The van der Waals surface area contributed by atoms with Crippen molar-refractivity contribution < 1.29 is 18.0 Å². The number of hydrogen-bond acceptors (Lipinski definition) is 2. The van der Waals surface area contributed by atoms with E-state index in [2.05, 4.69) is 15.6 Å². The molecule has 2 amide bonds. The van der Waals surface area contributed by atoms with Gasteiger partial charge in [-0.05, 0) is 18.2 Å². The molecule has 0 spiro atoms. The Morgan fingerprint density at radius 3 is 2.77 bits per heavy atom. The number of nitrogens with zero attached hydrogens (tertiary/aromatic N) is 2. The van der Waals surface area contributed by atoms with E-state index in [1.165, 1.54) is 6.07 Å². The maximum atomic E-state index is 12.9. The van der Waals surface area contributed by atoms with E-state index in [1.807, 2.05) is 0 Å². The molecule has 0 radical (unpaired) electrons. The van der Waals surface area contributed by atoms with Crippen molar-refractivity contribution >= 4 is 23.3 Å². The molecule has 5 nitrogen and oxygen atoms in total. The molecule has 2 rings (SSSR count). The van der Waals surface area contributed by atoms with Gasteiger partial charge in [0.05, 0.1) is 17.6 Å². The van der Waals surface area contributed by atoms with Crippen molar-refractivity contribution in [1.29, 1.82) is 0 Å². The second-order valence-electron chi connectivity index (χ2n) is 4.37. The van der Waals surface area contributed by atoms with Crippen LogP contribution >= 0.6 is 11.6 Å². The molecule has 0 aliphatic rings. The van der Waals surface area contributed by atoms with Crippen molar-refractivity contribution in [3.63, 3.8) is 0 Å². The van der Waals surface area contributed by atoms with E-state index in [0.29, 0.717) is 6.54 Å². The van der Waals surface area contributed by atoms with Crippen LogP contribution < -0.4 is 10.6 Å². The summed E-state index contributed by atoms with van der Waals surface area (Å²) in [6.45, 7) is 0.706. The second kappa shape index (κ2) is 6.69. The van der Waals surface area contributed by atoms with Gasteiger partial charge in [0.2, 0.25) is 0 Å². The van der Waals surface area contributed by atoms with Crippen LogP contribution in [-0.2, 0) is 12.7 Å².